The molecule has 1 aliphatic rings. The molecule has 0 fully saturated rings. The summed E-state index contributed by atoms with van der Waals surface area (Å²) >= 11 is 5.79. The molecule has 0 spiro atoms. The van der Waals surface area contributed by atoms with Crippen LogP contribution in [0.3, 0.4) is 0 Å². The molecule has 0 saturated carbocycles. The molecule has 0 aromatic heterocycles. The van der Waals surface area contributed by atoms with Crippen LogP contribution >= 0.6 is 11.6 Å². The molecule has 1 aromatic carbocycles. The fraction of sp³-hybridized carbons (Fsp3) is 0. The number of benzene rings is 1. The Morgan fingerprint density at radius 1 is 1.18 bits per heavy atom. The first-order chi connectivity index (χ1) is 8.34. The van der Waals surface area contributed by atoms with E-state index in [-0.39, 0.29) is 0 Å². The third kappa shape index (κ3) is 3.79. The van der Waals surface area contributed by atoms with Gasteiger partial charge in [-0.2, -0.15) is 0 Å². The summed E-state index contributed by atoms with van der Waals surface area (Å²) in [6.07, 6.45) is 9.39. The fourth-order valence-electron chi connectivity index (χ4n) is 1.31. The number of rotatable bonds is 1. The molecule has 1 nitrogen and oxygen atoms in total. The van der Waals surface area contributed by atoms with Crippen molar-refractivity contribution in [3.8, 4) is 12.0 Å². The van der Waals surface area contributed by atoms with Gasteiger partial charge < -0.3 is 5.32 Å². The lowest BCUT2D eigenvalue weighted by Crippen LogP contribution is -1.97. The van der Waals surface area contributed by atoms with Crippen molar-refractivity contribution >= 4 is 11.6 Å². The molecule has 0 radical (unpaired) electrons. The summed E-state index contributed by atoms with van der Waals surface area (Å²) in [5.41, 5.74) is 2.03. The minimum Gasteiger partial charge on any atom is -0.361 e. The van der Waals surface area contributed by atoms with Crippen molar-refractivity contribution < 1.29 is 0 Å². The van der Waals surface area contributed by atoms with E-state index in [1.165, 1.54) is 0 Å². The van der Waals surface area contributed by atoms with Gasteiger partial charge in [-0.05, 0) is 23.1 Å². The predicted octanol–water partition coefficient (Wildman–Crippen LogP) is 3.37. The van der Waals surface area contributed by atoms with Crippen LogP contribution in [-0.2, 0) is 0 Å². The summed E-state index contributed by atoms with van der Waals surface area (Å²) in [7, 11) is 0. The minimum atomic E-state index is 0.734. The Kier molecular flexibility index (Phi) is 3.96. The molecule has 1 aromatic rings. The summed E-state index contributed by atoms with van der Waals surface area (Å²) in [5.74, 6) is 3.01. The Morgan fingerprint density at radius 3 is 2.71 bits per heavy atom. The largest absolute Gasteiger partial charge is 0.361 e. The monoisotopic (exact) mass is 240 g/mol. The first-order valence-electron chi connectivity index (χ1n) is 5.25. The second-order valence-electron chi connectivity index (χ2n) is 3.46. The molecule has 84 valence electrons. The van der Waals surface area contributed by atoms with E-state index in [1.807, 2.05) is 61.2 Å². The van der Waals surface area contributed by atoms with E-state index in [9.17, 15) is 0 Å². The van der Waals surface area contributed by atoms with Gasteiger partial charge in [-0.25, -0.2) is 0 Å². The van der Waals surface area contributed by atoms with E-state index in [0.29, 0.717) is 0 Å². The van der Waals surface area contributed by atoms with Crippen LogP contribution in [0.15, 0.2) is 65.4 Å². The van der Waals surface area contributed by atoms with E-state index in [2.05, 4.69) is 17.3 Å². The maximum atomic E-state index is 5.79. The zero-order chi connectivity index (χ0) is 11.9. The normalized spacial score (nSPS) is 15.6. The van der Waals surface area contributed by atoms with E-state index in [4.69, 9.17) is 11.6 Å². The third-order valence-electron chi connectivity index (χ3n) is 2.16. The van der Waals surface area contributed by atoms with E-state index >= 15 is 0 Å². The van der Waals surface area contributed by atoms with Crippen LogP contribution in [0.1, 0.15) is 5.56 Å². The lowest BCUT2D eigenvalue weighted by Gasteiger charge is -2.11. The second kappa shape index (κ2) is 5.89. The third-order valence-corrected chi connectivity index (χ3v) is 2.41. The molecule has 1 N–H and O–H groups in total. The van der Waals surface area contributed by atoms with Gasteiger partial charge in [0.15, 0.2) is 0 Å². The predicted molar refractivity (Wildman–Crippen MR) is 71.9 cm³/mol. The Balaban J connectivity index is 1.91. The van der Waals surface area contributed by atoms with Gasteiger partial charge in [0, 0.05) is 11.6 Å². The van der Waals surface area contributed by atoms with Crippen LogP contribution in [0.2, 0.25) is 0 Å². The SMILES string of the molecule is ClC1=C[CH-]C(=CNC#Cc2ccccc2)C=C1. The zero-order valence-electron chi connectivity index (χ0n) is 9.15. The number of halogens is 1. The Labute approximate surface area is 106 Å². The average molecular weight is 241 g/mol. The van der Waals surface area contributed by atoms with Crippen LogP contribution in [0, 0.1) is 18.4 Å². The van der Waals surface area contributed by atoms with E-state index < -0.39 is 0 Å². The first-order valence-corrected chi connectivity index (χ1v) is 5.63. The van der Waals surface area contributed by atoms with Crippen molar-refractivity contribution in [3.05, 3.63) is 77.3 Å². The average Bonchev–Trinajstić information content (AvgIpc) is 2.38. The molecule has 2 rings (SSSR count). The van der Waals surface area contributed by atoms with Crippen molar-refractivity contribution in [1.82, 2.24) is 5.32 Å². The van der Waals surface area contributed by atoms with Gasteiger partial charge in [0.05, 0.1) is 0 Å². The summed E-state index contributed by atoms with van der Waals surface area (Å²) in [6.45, 7) is 0. The molecular formula is C15H11ClN-. The molecule has 1 aliphatic carbocycles. The lowest BCUT2D eigenvalue weighted by atomic mass is 10.1. The van der Waals surface area contributed by atoms with Gasteiger partial charge in [0.25, 0.3) is 0 Å². The molecule has 0 heterocycles. The molecular weight excluding hydrogens is 230 g/mol. The van der Waals surface area contributed by atoms with Gasteiger partial charge in [-0.1, -0.05) is 24.4 Å². The summed E-state index contributed by atoms with van der Waals surface area (Å²) in [5, 5.41) is 3.67. The molecule has 0 unspecified atom stereocenters. The van der Waals surface area contributed by atoms with Crippen LogP contribution in [0.5, 0.6) is 0 Å². The number of nitrogens with one attached hydrogen (secondary N) is 1. The molecule has 0 amide bonds. The van der Waals surface area contributed by atoms with Gasteiger partial charge >= 0.3 is 0 Å². The molecule has 0 saturated heterocycles. The Bertz CT molecular complexity index is 527. The van der Waals surface area contributed by atoms with Crippen molar-refractivity contribution in [2.75, 3.05) is 0 Å². The fourth-order valence-corrected chi connectivity index (χ4v) is 1.43. The highest BCUT2D eigenvalue weighted by Crippen LogP contribution is 2.15. The Hall–Kier alpha value is -2.04. The smallest absolute Gasteiger partial charge is 0.0263 e. The van der Waals surface area contributed by atoms with Gasteiger partial charge in [-0.15, -0.1) is 41.8 Å². The van der Waals surface area contributed by atoms with Gasteiger partial charge in [-0.3, -0.25) is 0 Å². The van der Waals surface area contributed by atoms with Gasteiger partial charge in [0.2, 0.25) is 0 Å². The summed E-state index contributed by atoms with van der Waals surface area (Å²) in [6, 6.07) is 12.7. The van der Waals surface area contributed by atoms with Crippen LogP contribution in [0.25, 0.3) is 0 Å². The van der Waals surface area contributed by atoms with Crippen molar-refractivity contribution in [3.63, 3.8) is 0 Å². The maximum absolute atomic E-state index is 5.79. The van der Waals surface area contributed by atoms with Crippen LogP contribution < -0.4 is 5.32 Å². The molecule has 0 aliphatic heterocycles. The van der Waals surface area contributed by atoms with Crippen LogP contribution in [-0.4, -0.2) is 0 Å². The van der Waals surface area contributed by atoms with E-state index in [0.717, 1.165) is 16.2 Å². The number of hydrogen-bond acceptors (Lipinski definition) is 1. The molecule has 0 atom stereocenters. The molecule has 0 bridgehead atoms. The minimum absolute atomic E-state index is 0.734. The topological polar surface area (TPSA) is 12.0 Å². The van der Waals surface area contributed by atoms with E-state index in [1.54, 1.807) is 0 Å². The number of allylic oxidation sites excluding steroid dienone is 5. The quantitative estimate of drug-likeness (QED) is 0.451. The summed E-state index contributed by atoms with van der Waals surface area (Å²) in [4.78, 5) is 0. The van der Waals surface area contributed by atoms with Crippen molar-refractivity contribution in [1.29, 1.82) is 0 Å². The zero-order valence-corrected chi connectivity index (χ0v) is 9.91. The first kappa shape index (κ1) is 11.4. The van der Waals surface area contributed by atoms with Gasteiger partial charge in [0.1, 0.15) is 0 Å². The van der Waals surface area contributed by atoms with Crippen molar-refractivity contribution in [2.45, 2.75) is 0 Å². The molecule has 17 heavy (non-hydrogen) atoms. The lowest BCUT2D eigenvalue weighted by molar-refractivity contribution is 1.23. The highest BCUT2D eigenvalue weighted by atomic mass is 35.5. The highest BCUT2D eigenvalue weighted by molar-refractivity contribution is 6.31. The maximum Gasteiger partial charge on any atom is 0.0263 e. The van der Waals surface area contributed by atoms with Crippen molar-refractivity contribution in [2.24, 2.45) is 0 Å². The highest BCUT2D eigenvalue weighted by Gasteiger charge is 1.88. The Morgan fingerprint density at radius 2 is 2.00 bits per heavy atom. The standard InChI is InChI=1S/C15H11ClN/c16-15-8-6-14(7-9-15)12-17-11-10-13-4-2-1-3-5-13/h1-9,12,17H/q-1. The van der Waals surface area contributed by atoms with Crippen LogP contribution in [0.4, 0.5) is 0 Å². The second-order valence-corrected chi connectivity index (χ2v) is 3.89. The summed E-state index contributed by atoms with van der Waals surface area (Å²) < 4.78 is 0. The number of hydrogen-bond donors (Lipinski definition) is 1. The molecule has 2 heteroatoms.